The number of carboxylic acids is 1. The summed E-state index contributed by atoms with van der Waals surface area (Å²) in [7, 11) is 0. The summed E-state index contributed by atoms with van der Waals surface area (Å²) in [5, 5.41) is 8.94. The third-order valence-electron chi connectivity index (χ3n) is 3.58. The van der Waals surface area contributed by atoms with E-state index in [1.807, 2.05) is 12.1 Å². The zero-order chi connectivity index (χ0) is 14.4. The molecule has 0 radical (unpaired) electrons. The average molecular weight is 263 g/mol. The molecule has 106 valence electrons. The van der Waals surface area contributed by atoms with E-state index >= 15 is 0 Å². The molecule has 0 bridgehead atoms. The first-order valence-corrected chi connectivity index (χ1v) is 7.01. The van der Waals surface area contributed by atoms with Crippen LogP contribution in [0.25, 0.3) is 0 Å². The zero-order valence-corrected chi connectivity index (χ0v) is 12.4. The first-order valence-electron chi connectivity index (χ1n) is 7.01. The second-order valence-corrected chi connectivity index (χ2v) is 5.34. The first kappa shape index (κ1) is 15.5. The van der Waals surface area contributed by atoms with E-state index in [1.165, 1.54) is 5.56 Å². The molecule has 1 unspecified atom stereocenters. The SMILES string of the molecule is CCC(C(C)C)N(CCC(=O)O)c1ccccc1C. The molecule has 0 fully saturated rings. The van der Waals surface area contributed by atoms with Crippen molar-refractivity contribution in [2.75, 3.05) is 11.4 Å². The molecular weight excluding hydrogens is 238 g/mol. The molecule has 3 nitrogen and oxygen atoms in total. The molecule has 0 aliphatic heterocycles. The molecule has 1 rings (SSSR count). The number of aliphatic carboxylic acids is 1. The van der Waals surface area contributed by atoms with E-state index in [0.29, 0.717) is 18.5 Å². The number of anilines is 1. The molecule has 19 heavy (non-hydrogen) atoms. The van der Waals surface area contributed by atoms with E-state index in [1.54, 1.807) is 0 Å². The molecule has 0 aliphatic carbocycles. The fourth-order valence-corrected chi connectivity index (χ4v) is 2.62. The van der Waals surface area contributed by atoms with Crippen LogP contribution >= 0.6 is 0 Å². The number of benzene rings is 1. The van der Waals surface area contributed by atoms with Crippen molar-refractivity contribution in [3.05, 3.63) is 29.8 Å². The minimum atomic E-state index is -0.739. The van der Waals surface area contributed by atoms with Crippen LogP contribution in [0.3, 0.4) is 0 Å². The summed E-state index contributed by atoms with van der Waals surface area (Å²) < 4.78 is 0. The van der Waals surface area contributed by atoms with Crippen molar-refractivity contribution in [3.63, 3.8) is 0 Å². The number of rotatable bonds is 7. The lowest BCUT2D eigenvalue weighted by Gasteiger charge is -2.36. The van der Waals surface area contributed by atoms with Gasteiger partial charge >= 0.3 is 5.97 Å². The Balaban J connectivity index is 3.04. The smallest absolute Gasteiger partial charge is 0.305 e. The van der Waals surface area contributed by atoms with Crippen LogP contribution in [-0.4, -0.2) is 23.7 Å². The van der Waals surface area contributed by atoms with Gasteiger partial charge in [-0.2, -0.15) is 0 Å². The van der Waals surface area contributed by atoms with Crippen LogP contribution in [0.5, 0.6) is 0 Å². The van der Waals surface area contributed by atoms with E-state index in [-0.39, 0.29) is 6.42 Å². The highest BCUT2D eigenvalue weighted by molar-refractivity contribution is 5.68. The molecule has 1 atom stereocenters. The molecule has 0 aliphatic rings. The van der Waals surface area contributed by atoms with Crippen molar-refractivity contribution < 1.29 is 9.90 Å². The van der Waals surface area contributed by atoms with Crippen molar-refractivity contribution in [1.29, 1.82) is 0 Å². The Kier molecular flexibility index (Phi) is 5.87. The summed E-state index contributed by atoms with van der Waals surface area (Å²) in [6.07, 6.45) is 1.20. The number of hydrogen-bond acceptors (Lipinski definition) is 2. The van der Waals surface area contributed by atoms with E-state index in [0.717, 1.165) is 12.1 Å². The van der Waals surface area contributed by atoms with Crippen molar-refractivity contribution in [1.82, 2.24) is 0 Å². The third kappa shape index (κ3) is 4.27. The fourth-order valence-electron chi connectivity index (χ4n) is 2.62. The molecule has 0 aromatic heterocycles. The van der Waals surface area contributed by atoms with Crippen molar-refractivity contribution in [3.8, 4) is 0 Å². The normalized spacial score (nSPS) is 12.5. The Bertz CT molecular complexity index is 415. The van der Waals surface area contributed by atoms with Crippen LogP contribution in [0, 0.1) is 12.8 Å². The molecule has 1 N–H and O–H groups in total. The largest absolute Gasteiger partial charge is 0.481 e. The summed E-state index contributed by atoms with van der Waals surface area (Å²) in [6, 6.07) is 8.58. The van der Waals surface area contributed by atoms with E-state index in [9.17, 15) is 4.79 Å². The zero-order valence-electron chi connectivity index (χ0n) is 12.4. The second-order valence-electron chi connectivity index (χ2n) is 5.34. The summed E-state index contributed by atoms with van der Waals surface area (Å²) in [5.74, 6) is -0.240. The molecule has 1 aromatic rings. The van der Waals surface area contributed by atoms with Gasteiger partial charge in [0.05, 0.1) is 6.42 Å². The summed E-state index contributed by atoms with van der Waals surface area (Å²) in [4.78, 5) is 13.1. The lowest BCUT2D eigenvalue weighted by atomic mass is 9.98. The average Bonchev–Trinajstić information content (AvgIpc) is 2.34. The molecular formula is C16H25NO2. The Labute approximate surface area is 116 Å². The minimum Gasteiger partial charge on any atom is -0.481 e. The monoisotopic (exact) mass is 263 g/mol. The molecule has 0 amide bonds. The summed E-state index contributed by atoms with van der Waals surface area (Å²) in [6.45, 7) is 9.20. The summed E-state index contributed by atoms with van der Waals surface area (Å²) in [5.41, 5.74) is 2.36. The van der Waals surface area contributed by atoms with Gasteiger partial charge in [0.25, 0.3) is 0 Å². The number of nitrogens with zero attached hydrogens (tertiary/aromatic N) is 1. The molecule has 0 heterocycles. The number of carbonyl (C=O) groups is 1. The van der Waals surface area contributed by atoms with Crippen LogP contribution in [0.4, 0.5) is 5.69 Å². The van der Waals surface area contributed by atoms with Gasteiger partial charge in [0.15, 0.2) is 0 Å². The molecule has 0 saturated carbocycles. The van der Waals surface area contributed by atoms with Gasteiger partial charge in [0.2, 0.25) is 0 Å². The second kappa shape index (κ2) is 7.17. The van der Waals surface area contributed by atoms with E-state index in [2.05, 4.69) is 44.7 Å². The number of para-hydroxylation sites is 1. The molecule has 1 aromatic carbocycles. The topological polar surface area (TPSA) is 40.5 Å². The Hall–Kier alpha value is -1.51. The molecule has 3 heteroatoms. The van der Waals surface area contributed by atoms with Gasteiger partial charge in [0, 0.05) is 18.3 Å². The highest BCUT2D eigenvalue weighted by atomic mass is 16.4. The lowest BCUT2D eigenvalue weighted by Crippen LogP contribution is -2.40. The number of aryl methyl sites for hydroxylation is 1. The van der Waals surface area contributed by atoms with Gasteiger partial charge in [-0.3, -0.25) is 4.79 Å². The van der Waals surface area contributed by atoms with Gasteiger partial charge in [-0.1, -0.05) is 39.0 Å². The van der Waals surface area contributed by atoms with Gasteiger partial charge in [-0.15, -0.1) is 0 Å². The quantitative estimate of drug-likeness (QED) is 0.815. The van der Waals surface area contributed by atoms with Crippen LogP contribution in [0.2, 0.25) is 0 Å². The minimum absolute atomic E-state index is 0.178. The maximum Gasteiger partial charge on any atom is 0.305 e. The predicted molar refractivity (Wildman–Crippen MR) is 79.7 cm³/mol. The standard InChI is InChI=1S/C16H25NO2/c1-5-14(12(2)3)17(11-10-16(18)19)15-9-7-6-8-13(15)4/h6-9,12,14H,5,10-11H2,1-4H3,(H,18,19). The van der Waals surface area contributed by atoms with Crippen LogP contribution in [0.15, 0.2) is 24.3 Å². The predicted octanol–water partition coefficient (Wildman–Crippen LogP) is 3.71. The van der Waals surface area contributed by atoms with Gasteiger partial charge in [-0.25, -0.2) is 0 Å². The molecule has 0 saturated heterocycles. The Morgan fingerprint density at radius 3 is 2.42 bits per heavy atom. The number of hydrogen-bond donors (Lipinski definition) is 1. The van der Waals surface area contributed by atoms with Crippen molar-refractivity contribution in [2.24, 2.45) is 5.92 Å². The van der Waals surface area contributed by atoms with Gasteiger partial charge in [-0.05, 0) is 30.9 Å². The Morgan fingerprint density at radius 2 is 1.95 bits per heavy atom. The molecule has 0 spiro atoms. The summed E-state index contributed by atoms with van der Waals surface area (Å²) >= 11 is 0. The van der Waals surface area contributed by atoms with Crippen LogP contribution in [0.1, 0.15) is 39.2 Å². The first-order chi connectivity index (χ1) is 8.97. The van der Waals surface area contributed by atoms with Crippen molar-refractivity contribution >= 4 is 11.7 Å². The highest BCUT2D eigenvalue weighted by Crippen LogP contribution is 2.26. The highest BCUT2D eigenvalue weighted by Gasteiger charge is 2.22. The maximum absolute atomic E-state index is 10.9. The van der Waals surface area contributed by atoms with E-state index in [4.69, 9.17) is 5.11 Å². The van der Waals surface area contributed by atoms with Gasteiger partial charge in [0.1, 0.15) is 0 Å². The lowest BCUT2D eigenvalue weighted by molar-refractivity contribution is -0.136. The van der Waals surface area contributed by atoms with E-state index < -0.39 is 5.97 Å². The van der Waals surface area contributed by atoms with Gasteiger partial charge < -0.3 is 10.0 Å². The van der Waals surface area contributed by atoms with Crippen LogP contribution < -0.4 is 4.90 Å². The third-order valence-corrected chi connectivity index (χ3v) is 3.58. The fraction of sp³-hybridized carbons (Fsp3) is 0.562. The Morgan fingerprint density at radius 1 is 1.32 bits per heavy atom. The number of carboxylic acid groups (broad SMARTS) is 1. The van der Waals surface area contributed by atoms with Crippen molar-refractivity contribution in [2.45, 2.75) is 46.6 Å². The van der Waals surface area contributed by atoms with Crippen LogP contribution in [-0.2, 0) is 4.79 Å². The maximum atomic E-state index is 10.9.